The Labute approximate surface area is 130 Å². The van der Waals surface area contributed by atoms with Crippen LogP contribution in [0.4, 0.5) is 0 Å². The summed E-state index contributed by atoms with van der Waals surface area (Å²) in [6.07, 6.45) is 4.68. The Morgan fingerprint density at radius 3 is 3.05 bits per heavy atom. The van der Waals surface area contributed by atoms with Gasteiger partial charge in [0, 0.05) is 45.5 Å². The predicted octanol–water partition coefficient (Wildman–Crippen LogP) is 1.15. The van der Waals surface area contributed by atoms with E-state index in [1.807, 2.05) is 19.4 Å². The molecule has 1 aliphatic rings. The van der Waals surface area contributed by atoms with Gasteiger partial charge in [-0.3, -0.25) is 4.90 Å². The first kappa shape index (κ1) is 15.2. The molecule has 2 aromatic heterocycles. The van der Waals surface area contributed by atoms with E-state index in [0.29, 0.717) is 18.4 Å². The molecule has 120 valence electrons. The third-order valence-corrected chi connectivity index (χ3v) is 3.95. The van der Waals surface area contributed by atoms with Crippen molar-refractivity contribution in [1.82, 2.24) is 29.9 Å². The molecule has 1 N–H and O–H groups in total. The lowest BCUT2D eigenvalue weighted by Crippen LogP contribution is -2.46. The summed E-state index contributed by atoms with van der Waals surface area (Å²) in [5.41, 5.74) is 0. The molecule has 0 amide bonds. The lowest BCUT2D eigenvalue weighted by Gasteiger charge is -2.34. The highest BCUT2D eigenvalue weighted by molar-refractivity contribution is 5.02. The molecule has 1 unspecified atom stereocenters. The third-order valence-electron chi connectivity index (χ3n) is 3.95. The largest absolute Gasteiger partial charge is 0.338 e. The second kappa shape index (κ2) is 6.58. The van der Waals surface area contributed by atoms with Crippen molar-refractivity contribution in [3.05, 3.63) is 29.9 Å². The summed E-state index contributed by atoms with van der Waals surface area (Å²) >= 11 is 0. The molecule has 2 aromatic rings. The molecule has 1 atom stereocenters. The molecule has 0 aliphatic carbocycles. The molecule has 0 aromatic carbocycles. The molecule has 1 aliphatic heterocycles. The summed E-state index contributed by atoms with van der Waals surface area (Å²) in [4.78, 5) is 11.4. The lowest BCUT2D eigenvalue weighted by molar-refractivity contribution is 0.128. The van der Waals surface area contributed by atoms with E-state index < -0.39 is 0 Å². The summed E-state index contributed by atoms with van der Waals surface area (Å²) in [6, 6.07) is 0.231. The lowest BCUT2D eigenvalue weighted by atomic mass is 10.1. The van der Waals surface area contributed by atoms with Gasteiger partial charge in [-0.15, -0.1) is 0 Å². The summed E-state index contributed by atoms with van der Waals surface area (Å²) in [6.45, 7) is 7.78. The summed E-state index contributed by atoms with van der Waals surface area (Å²) < 4.78 is 7.49. The van der Waals surface area contributed by atoms with Crippen LogP contribution < -0.4 is 5.32 Å². The van der Waals surface area contributed by atoms with Gasteiger partial charge in [0.25, 0.3) is 0 Å². The maximum Gasteiger partial charge on any atom is 0.240 e. The monoisotopic (exact) mass is 304 g/mol. The van der Waals surface area contributed by atoms with Crippen molar-refractivity contribution in [2.75, 3.05) is 19.6 Å². The summed E-state index contributed by atoms with van der Waals surface area (Å²) in [7, 11) is 2.03. The molecule has 0 spiro atoms. The van der Waals surface area contributed by atoms with Gasteiger partial charge >= 0.3 is 0 Å². The first-order valence-electron chi connectivity index (χ1n) is 7.87. The van der Waals surface area contributed by atoms with E-state index in [2.05, 4.69) is 43.8 Å². The van der Waals surface area contributed by atoms with Crippen LogP contribution >= 0.6 is 0 Å². The first-order chi connectivity index (χ1) is 10.6. The first-order valence-corrected chi connectivity index (χ1v) is 7.87. The Hall–Kier alpha value is -1.73. The normalized spacial score (nSPS) is 19.9. The van der Waals surface area contributed by atoms with Gasteiger partial charge in [-0.2, -0.15) is 4.98 Å². The van der Waals surface area contributed by atoms with Crippen molar-refractivity contribution in [1.29, 1.82) is 0 Å². The minimum absolute atomic E-state index is 0.231. The molecule has 7 nitrogen and oxygen atoms in total. The highest BCUT2D eigenvalue weighted by Gasteiger charge is 2.28. The number of rotatable bonds is 5. The highest BCUT2D eigenvalue weighted by atomic mass is 16.5. The number of hydrogen-bond acceptors (Lipinski definition) is 6. The number of aryl methyl sites for hydroxylation is 1. The van der Waals surface area contributed by atoms with Crippen molar-refractivity contribution in [2.45, 2.75) is 32.9 Å². The van der Waals surface area contributed by atoms with E-state index in [4.69, 9.17) is 4.52 Å². The Balaban J connectivity index is 1.71. The molecule has 0 bridgehead atoms. The molecule has 3 heterocycles. The van der Waals surface area contributed by atoms with Gasteiger partial charge in [0.1, 0.15) is 5.82 Å². The van der Waals surface area contributed by atoms with E-state index >= 15 is 0 Å². The van der Waals surface area contributed by atoms with Crippen LogP contribution in [0.2, 0.25) is 0 Å². The molecule has 1 fully saturated rings. The number of nitrogens with zero attached hydrogens (tertiary/aromatic N) is 5. The standard InChI is InChI=1S/C15H24N6O/c1-11(2)8-13-18-14(22-19-13)10-21-7-4-16-9-12(21)15-17-5-6-20(15)3/h5-6,11-12,16H,4,7-10H2,1-3H3. The van der Waals surface area contributed by atoms with Gasteiger partial charge in [-0.05, 0) is 5.92 Å². The van der Waals surface area contributed by atoms with Crippen LogP contribution in [0.5, 0.6) is 0 Å². The fourth-order valence-electron chi connectivity index (χ4n) is 2.86. The smallest absolute Gasteiger partial charge is 0.240 e. The minimum atomic E-state index is 0.231. The van der Waals surface area contributed by atoms with E-state index in [1.54, 1.807) is 0 Å². The number of aromatic nitrogens is 4. The molecule has 1 saturated heterocycles. The third kappa shape index (κ3) is 3.36. The van der Waals surface area contributed by atoms with Crippen molar-refractivity contribution in [2.24, 2.45) is 13.0 Å². The van der Waals surface area contributed by atoms with Gasteiger partial charge in [-0.25, -0.2) is 4.98 Å². The van der Waals surface area contributed by atoms with Crippen LogP contribution in [0, 0.1) is 5.92 Å². The average molecular weight is 304 g/mol. The minimum Gasteiger partial charge on any atom is -0.338 e. The predicted molar refractivity (Wildman–Crippen MR) is 82.1 cm³/mol. The van der Waals surface area contributed by atoms with E-state index in [-0.39, 0.29) is 6.04 Å². The van der Waals surface area contributed by atoms with Crippen LogP contribution in [-0.4, -0.2) is 44.2 Å². The molecule has 0 saturated carbocycles. The highest BCUT2D eigenvalue weighted by Crippen LogP contribution is 2.22. The fraction of sp³-hybridized carbons (Fsp3) is 0.667. The van der Waals surface area contributed by atoms with E-state index in [0.717, 1.165) is 37.7 Å². The Morgan fingerprint density at radius 2 is 2.32 bits per heavy atom. The molecule has 7 heteroatoms. The number of imidazole rings is 1. The summed E-state index contributed by atoms with van der Waals surface area (Å²) in [5.74, 6) is 3.09. The molecule has 3 rings (SSSR count). The summed E-state index contributed by atoms with van der Waals surface area (Å²) in [5, 5.41) is 7.51. The van der Waals surface area contributed by atoms with Gasteiger partial charge in [0.15, 0.2) is 5.82 Å². The number of hydrogen-bond donors (Lipinski definition) is 1. The molecular weight excluding hydrogens is 280 g/mol. The molecule has 0 radical (unpaired) electrons. The Bertz CT molecular complexity index is 605. The Morgan fingerprint density at radius 1 is 1.45 bits per heavy atom. The van der Waals surface area contributed by atoms with Crippen LogP contribution in [0.15, 0.2) is 16.9 Å². The van der Waals surface area contributed by atoms with Crippen molar-refractivity contribution < 1.29 is 4.52 Å². The van der Waals surface area contributed by atoms with Crippen molar-refractivity contribution in [3.8, 4) is 0 Å². The van der Waals surface area contributed by atoms with E-state index in [9.17, 15) is 0 Å². The van der Waals surface area contributed by atoms with Crippen molar-refractivity contribution >= 4 is 0 Å². The van der Waals surface area contributed by atoms with Gasteiger partial charge in [0.2, 0.25) is 5.89 Å². The zero-order valence-corrected chi connectivity index (χ0v) is 13.5. The van der Waals surface area contributed by atoms with Gasteiger partial charge < -0.3 is 14.4 Å². The van der Waals surface area contributed by atoms with Crippen LogP contribution in [-0.2, 0) is 20.0 Å². The zero-order valence-electron chi connectivity index (χ0n) is 13.5. The molecule has 22 heavy (non-hydrogen) atoms. The quantitative estimate of drug-likeness (QED) is 0.893. The second-order valence-corrected chi connectivity index (χ2v) is 6.29. The van der Waals surface area contributed by atoms with Crippen molar-refractivity contribution in [3.63, 3.8) is 0 Å². The fourth-order valence-corrected chi connectivity index (χ4v) is 2.86. The van der Waals surface area contributed by atoms with Crippen LogP contribution in [0.3, 0.4) is 0 Å². The maximum absolute atomic E-state index is 5.41. The van der Waals surface area contributed by atoms with Crippen LogP contribution in [0.1, 0.15) is 37.4 Å². The SMILES string of the molecule is CC(C)Cc1noc(CN2CCNCC2c2nccn2C)n1. The number of nitrogens with one attached hydrogen (secondary N) is 1. The average Bonchev–Trinajstić information content (AvgIpc) is 3.08. The van der Waals surface area contributed by atoms with Gasteiger partial charge in [0.05, 0.1) is 12.6 Å². The second-order valence-electron chi connectivity index (χ2n) is 6.29. The Kier molecular flexibility index (Phi) is 4.54. The maximum atomic E-state index is 5.41. The van der Waals surface area contributed by atoms with Crippen LogP contribution in [0.25, 0.3) is 0 Å². The number of piperazine rings is 1. The molecular formula is C15H24N6O. The van der Waals surface area contributed by atoms with Gasteiger partial charge in [-0.1, -0.05) is 19.0 Å². The van der Waals surface area contributed by atoms with E-state index in [1.165, 1.54) is 0 Å². The topological polar surface area (TPSA) is 72.0 Å². The zero-order chi connectivity index (χ0) is 15.5.